The lowest BCUT2D eigenvalue weighted by Crippen LogP contribution is -2.52. The lowest BCUT2D eigenvalue weighted by Gasteiger charge is -2.34. The van der Waals surface area contributed by atoms with E-state index in [2.05, 4.69) is 60.4 Å². The number of benzene rings is 1. The Bertz CT molecular complexity index is 499. The second-order valence-corrected chi connectivity index (χ2v) is 7.11. The number of hydrogen-bond donors (Lipinski definition) is 2. The molecule has 0 unspecified atom stereocenters. The molecule has 1 aromatic carbocycles. The van der Waals surface area contributed by atoms with E-state index in [4.69, 9.17) is 0 Å². The van der Waals surface area contributed by atoms with Crippen LogP contribution in [0.5, 0.6) is 0 Å². The summed E-state index contributed by atoms with van der Waals surface area (Å²) in [5.74, 6) is 0.282. The number of carbonyl (C=O) groups excluding carboxylic acids is 1. The van der Waals surface area contributed by atoms with E-state index in [0.717, 1.165) is 32.7 Å². The molecule has 134 valence electrons. The van der Waals surface area contributed by atoms with Gasteiger partial charge in [0.1, 0.15) is 0 Å². The molecule has 0 aromatic heterocycles. The van der Waals surface area contributed by atoms with Gasteiger partial charge in [0.15, 0.2) is 0 Å². The second kappa shape index (κ2) is 9.04. The van der Waals surface area contributed by atoms with Gasteiger partial charge in [-0.3, -0.25) is 4.90 Å². The minimum atomic E-state index is -0.0769. The SMILES string of the molecule is C[C@H](CN1CCN(C)CC1)NC(=O)N[C@H](C)[C@H](C)c1ccccc1. The van der Waals surface area contributed by atoms with Crippen molar-refractivity contribution >= 4 is 6.03 Å². The molecule has 24 heavy (non-hydrogen) atoms. The Kier molecular flexibility index (Phi) is 7.06. The Morgan fingerprint density at radius 2 is 1.67 bits per heavy atom. The van der Waals surface area contributed by atoms with Crippen LogP contribution in [0.1, 0.15) is 32.3 Å². The monoisotopic (exact) mass is 332 g/mol. The Labute approximate surface area is 146 Å². The first-order valence-electron chi connectivity index (χ1n) is 8.98. The predicted molar refractivity (Wildman–Crippen MR) is 99.4 cm³/mol. The molecule has 0 saturated carbocycles. The first kappa shape index (κ1) is 18.7. The van der Waals surface area contributed by atoms with Gasteiger partial charge in [-0.25, -0.2) is 4.79 Å². The molecule has 1 aliphatic heterocycles. The molecule has 0 spiro atoms. The normalized spacial score (nSPS) is 20.2. The largest absolute Gasteiger partial charge is 0.335 e. The standard InChI is InChI=1S/C19H32N4O/c1-15(14-23-12-10-22(4)11-13-23)20-19(24)21-17(3)16(2)18-8-6-5-7-9-18/h5-9,15-17H,10-14H2,1-4H3,(H2,20,21,24)/t15-,16+,17-/m1/s1. The summed E-state index contributed by atoms with van der Waals surface area (Å²) < 4.78 is 0. The number of piperazine rings is 1. The minimum Gasteiger partial charge on any atom is -0.335 e. The van der Waals surface area contributed by atoms with Crippen LogP contribution in [0.25, 0.3) is 0 Å². The van der Waals surface area contributed by atoms with Gasteiger partial charge in [0.25, 0.3) is 0 Å². The molecule has 0 bridgehead atoms. The number of rotatable bonds is 6. The average Bonchev–Trinajstić information content (AvgIpc) is 2.56. The molecular weight excluding hydrogens is 300 g/mol. The quantitative estimate of drug-likeness (QED) is 0.839. The third kappa shape index (κ3) is 5.80. The van der Waals surface area contributed by atoms with E-state index in [0.29, 0.717) is 0 Å². The first-order valence-corrected chi connectivity index (χ1v) is 8.98. The van der Waals surface area contributed by atoms with Gasteiger partial charge in [-0.1, -0.05) is 37.3 Å². The molecule has 3 atom stereocenters. The van der Waals surface area contributed by atoms with Crippen LogP contribution in [-0.4, -0.2) is 67.7 Å². The molecule has 2 rings (SSSR count). The molecule has 5 heteroatoms. The molecule has 1 aliphatic rings. The first-order chi connectivity index (χ1) is 11.5. The van der Waals surface area contributed by atoms with Crippen LogP contribution in [0.4, 0.5) is 4.79 Å². The highest BCUT2D eigenvalue weighted by atomic mass is 16.2. The Balaban J connectivity index is 1.73. The van der Waals surface area contributed by atoms with Crippen LogP contribution in [0.2, 0.25) is 0 Å². The molecule has 5 nitrogen and oxygen atoms in total. The zero-order valence-electron chi connectivity index (χ0n) is 15.5. The second-order valence-electron chi connectivity index (χ2n) is 7.11. The van der Waals surface area contributed by atoms with Gasteiger partial charge < -0.3 is 15.5 Å². The summed E-state index contributed by atoms with van der Waals surface area (Å²) in [5.41, 5.74) is 1.25. The van der Waals surface area contributed by atoms with Crippen molar-refractivity contribution in [3.8, 4) is 0 Å². The van der Waals surface area contributed by atoms with Crippen LogP contribution < -0.4 is 10.6 Å². The van der Waals surface area contributed by atoms with Crippen molar-refractivity contribution in [2.75, 3.05) is 39.8 Å². The highest BCUT2D eigenvalue weighted by molar-refractivity contribution is 5.74. The van der Waals surface area contributed by atoms with E-state index in [1.165, 1.54) is 5.56 Å². The Hall–Kier alpha value is -1.59. The zero-order chi connectivity index (χ0) is 17.5. The lowest BCUT2D eigenvalue weighted by molar-refractivity contribution is 0.144. The number of amides is 2. The average molecular weight is 332 g/mol. The maximum atomic E-state index is 12.2. The van der Waals surface area contributed by atoms with E-state index in [-0.39, 0.29) is 24.0 Å². The third-order valence-corrected chi connectivity index (χ3v) is 4.94. The number of hydrogen-bond acceptors (Lipinski definition) is 3. The maximum absolute atomic E-state index is 12.2. The van der Waals surface area contributed by atoms with E-state index >= 15 is 0 Å². The maximum Gasteiger partial charge on any atom is 0.315 e. The summed E-state index contributed by atoms with van der Waals surface area (Å²) in [6.45, 7) is 11.5. The summed E-state index contributed by atoms with van der Waals surface area (Å²) >= 11 is 0. The minimum absolute atomic E-state index is 0.0769. The highest BCUT2D eigenvalue weighted by Gasteiger charge is 2.19. The third-order valence-electron chi connectivity index (χ3n) is 4.94. The van der Waals surface area contributed by atoms with E-state index < -0.39 is 0 Å². The van der Waals surface area contributed by atoms with Crippen molar-refractivity contribution < 1.29 is 4.79 Å². The molecular formula is C19H32N4O. The number of carbonyl (C=O) groups is 1. The van der Waals surface area contributed by atoms with Crippen LogP contribution in [0.15, 0.2) is 30.3 Å². The number of likely N-dealkylation sites (N-methyl/N-ethyl adjacent to an activating group) is 1. The summed E-state index contributed by atoms with van der Waals surface area (Å²) in [6.07, 6.45) is 0. The number of nitrogens with one attached hydrogen (secondary N) is 2. The van der Waals surface area contributed by atoms with Gasteiger partial charge in [0.05, 0.1) is 0 Å². The van der Waals surface area contributed by atoms with Crippen LogP contribution in [0, 0.1) is 0 Å². The van der Waals surface area contributed by atoms with Gasteiger partial charge in [-0.2, -0.15) is 0 Å². The van der Waals surface area contributed by atoms with Crippen molar-refractivity contribution in [3.63, 3.8) is 0 Å². The van der Waals surface area contributed by atoms with Crippen molar-refractivity contribution in [3.05, 3.63) is 35.9 Å². The zero-order valence-corrected chi connectivity index (χ0v) is 15.5. The molecule has 1 aromatic rings. The van der Waals surface area contributed by atoms with E-state index in [1.807, 2.05) is 18.2 Å². The highest BCUT2D eigenvalue weighted by Crippen LogP contribution is 2.18. The summed E-state index contributed by atoms with van der Waals surface area (Å²) in [4.78, 5) is 17.0. The van der Waals surface area contributed by atoms with Gasteiger partial charge in [-0.15, -0.1) is 0 Å². The fraction of sp³-hybridized carbons (Fsp3) is 0.632. The Morgan fingerprint density at radius 3 is 2.29 bits per heavy atom. The summed E-state index contributed by atoms with van der Waals surface area (Å²) in [6, 6.07) is 10.5. The van der Waals surface area contributed by atoms with E-state index in [1.54, 1.807) is 0 Å². The predicted octanol–water partition coefficient (Wildman–Crippen LogP) is 2.11. The smallest absolute Gasteiger partial charge is 0.315 e. The van der Waals surface area contributed by atoms with Crippen LogP contribution in [0.3, 0.4) is 0 Å². The number of urea groups is 1. The molecule has 1 saturated heterocycles. The van der Waals surface area contributed by atoms with E-state index in [9.17, 15) is 4.79 Å². The van der Waals surface area contributed by atoms with Crippen molar-refractivity contribution in [2.45, 2.75) is 38.8 Å². The van der Waals surface area contributed by atoms with Gasteiger partial charge in [0, 0.05) is 50.7 Å². The molecule has 1 heterocycles. The van der Waals surface area contributed by atoms with Gasteiger partial charge in [0.2, 0.25) is 0 Å². The van der Waals surface area contributed by atoms with Crippen molar-refractivity contribution in [2.24, 2.45) is 0 Å². The van der Waals surface area contributed by atoms with Gasteiger partial charge >= 0.3 is 6.03 Å². The lowest BCUT2D eigenvalue weighted by atomic mass is 9.94. The molecule has 0 aliphatic carbocycles. The molecule has 2 N–H and O–H groups in total. The topological polar surface area (TPSA) is 47.6 Å². The fourth-order valence-electron chi connectivity index (χ4n) is 3.11. The van der Waals surface area contributed by atoms with Crippen molar-refractivity contribution in [1.29, 1.82) is 0 Å². The molecule has 2 amide bonds. The van der Waals surface area contributed by atoms with Crippen molar-refractivity contribution in [1.82, 2.24) is 20.4 Å². The van der Waals surface area contributed by atoms with Crippen LogP contribution >= 0.6 is 0 Å². The van der Waals surface area contributed by atoms with Crippen LogP contribution in [-0.2, 0) is 0 Å². The summed E-state index contributed by atoms with van der Waals surface area (Å²) in [7, 11) is 2.15. The number of nitrogens with zero attached hydrogens (tertiary/aromatic N) is 2. The summed E-state index contributed by atoms with van der Waals surface area (Å²) in [5, 5.41) is 6.15. The Morgan fingerprint density at radius 1 is 1.04 bits per heavy atom. The molecule has 0 radical (unpaired) electrons. The molecule has 1 fully saturated rings. The van der Waals surface area contributed by atoms with Gasteiger partial charge in [-0.05, 0) is 26.5 Å². The fourth-order valence-corrected chi connectivity index (χ4v) is 3.11.